The zero-order chi connectivity index (χ0) is 17.9. The molecule has 0 saturated carbocycles. The molecule has 1 heterocycles. The molecule has 0 spiro atoms. The fourth-order valence-corrected chi connectivity index (χ4v) is 3.26. The molecule has 0 bridgehead atoms. The maximum absolute atomic E-state index is 12.8. The second-order valence-electron chi connectivity index (χ2n) is 6.59. The standard InChI is InChI=1S/C19H16O6/c1-19(2)24-7-11-12(8-25-19)18(23)14-13(17(11)22)15(20)9-5-3-4-6-10(9)16(14)21/h3-6,22-23H,7-8H2,1-2H3. The largest absolute Gasteiger partial charge is 0.507 e. The number of carbonyl (C=O) groups excluding carboxylic acids is 2. The van der Waals surface area contributed by atoms with Gasteiger partial charge in [0.15, 0.2) is 17.4 Å². The van der Waals surface area contributed by atoms with Crippen molar-refractivity contribution < 1.29 is 29.3 Å². The van der Waals surface area contributed by atoms with Crippen molar-refractivity contribution in [2.75, 3.05) is 0 Å². The van der Waals surface area contributed by atoms with Gasteiger partial charge in [-0.3, -0.25) is 9.59 Å². The molecular weight excluding hydrogens is 324 g/mol. The number of aromatic hydroxyl groups is 2. The van der Waals surface area contributed by atoms with Gasteiger partial charge in [0.1, 0.15) is 11.5 Å². The number of benzene rings is 2. The van der Waals surface area contributed by atoms with Gasteiger partial charge in [0.25, 0.3) is 0 Å². The average molecular weight is 340 g/mol. The summed E-state index contributed by atoms with van der Waals surface area (Å²) in [6.45, 7) is 3.33. The molecule has 2 aromatic carbocycles. The summed E-state index contributed by atoms with van der Waals surface area (Å²) in [5, 5.41) is 21.4. The van der Waals surface area contributed by atoms with Gasteiger partial charge in [-0.1, -0.05) is 24.3 Å². The Balaban J connectivity index is 2.00. The highest BCUT2D eigenvalue weighted by atomic mass is 16.7. The van der Waals surface area contributed by atoms with Crippen LogP contribution >= 0.6 is 0 Å². The molecular formula is C19H16O6. The Bertz CT molecular complexity index is 867. The number of ketones is 2. The summed E-state index contributed by atoms with van der Waals surface area (Å²) in [6.07, 6.45) is 0. The van der Waals surface area contributed by atoms with E-state index in [0.29, 0.717) is 0 Å². The van der Waals surface area contributed by atoms with Crippen molar-refractivity contribution in [2.45, 2.75) is 32.8 Å². The van der Waals surface area contributed by atoms with E-state index in [9.17, 15) is 19.8 Å². The average Bonchev–Trinajstić information content (AvgIpc) is 2.75. The normalized spacial score (nSPS) is 18.2. The van der Waals surface area contributed by atoms with Crippen LogP contribution in [0.5, 0.6) is 11.5 Å². The van der Waals surface area contributed by atoms with Gasteiger partial charge >= 0.3 is 0 Å². The number of phenolic OH excluding ortho intramolecular Hbond substituents is 2. The zero-order valence-electron chi connectivity index (χ0n) is 13.8. The fraction of sp³-hybridized carbons (Fsp3) is 0.263. The highest BCUT2D eigenvalue weighted by Crippen LogP contribution is 2.45. The summed E-state index contributed by atoms with van der Waals surface area (Å²) in [5.74, 6) is -2.58. The molecule has 2 aliphatic rings. The first-order chi connectivity index (χ1) is 11.8. The van der Waals surface area contributed by atoms with Gasteiger partial charge in [0.2, 0.25) is 0 Å². The van der Waals surface area contributed by atoms with E-state index in [1.807, 2.05) is 0 Å². The van der Waals surface area contributed by atoms with Crippen molar-refractivity contribution in [2.24, 2.45) is 0 Å². The lowest BCUT2D eigenvalue weighted by Crippen LogP contribution is -2.25. The van der Waals surface area contributed by atoms with Crippen LogP contribution in [-0.4, -0.2) is 27.6 Å². The molecule has 0 aromatic heterocycles. The zero-order valence-corrected chi connectivity index (χ0v) is 13.8. The van der Waals surface area contributed by atoms with Crippen LogP contribution in [0.25, 0.3) is 0 Å². The predicted octanol–water partition coefficient (Wildman–Crippen LogP) is 2.66. The quantitative estimate of drug-likeness (QED) is 0.611. The molecule has 6 nitrogen and oxygen atoms in total. The molecule has 0 atom stereocenters. The first kappa shape index (κ1) is 15.8. The highest BCUT2D eigenvalue weighted by molar-refractivity contribution is 6.30. The van der Waals surface area contributed by atoms with Crippen molar-refractivity contribution in [1.29, 1.82) is 0 Å². The lowest BCUT2D eigenvalue weighted by molar-refractivity contribution is -0.219. The van der Waals surface area contributed by atoms with Crippen LogP contribution < -0.4 is 0 Å². The van der Waals surface area contributed by atoms with Gasteiger partial charge in [-0.15, -0.1) is 0 Å². The van der Waals surface area contributed by atoms with E-state index < -0.39 is 17.4 Å². The van der Waals surface area contributed by atoms with Crippen molar-refractivity contribution in [3.05, 3.63) is 57.6 Å². The van der Waals surface area contributed by atoms with E-state index >= 15 is 0 Å². The molecule has 4 rings (SSSR count). The Morgan fingerprint density at radius 2 is 1.24 bits per heavy atom. The van der Waals surface area contributed by atoms with Crippen LogP contribution in [0.2, 0.25) is 0 Å². The summed E-state index contributed by atoms with van der Waals surface area (Å²) >= 11 is 0. The first-order valence-electron chi connectivity index (χ1n) is 7.88. The minimum absolute atomic E-state index is 0.0435. The monoisotopic (exact) mass is 340 g/mol. The third kappa shape index (κ3) is 2.18. The number of rotatable bonds is 0. The van der Waals surface area contributed by atoms with E-state index in [2.05, 4.69) is 0 Å². The molecule has 0 amide bonds. The predicted molar refractivity (Wildman–Crippen MR) is 86.7 cm³/mol. The lowest BCUT2D eigenvalue weighted by Gasteiger charge is -2.22. The fourth-order valence-electron chi connectivity index (χ4n) is 3.26. The van der Waals surface area contributed by atoms with Gasteiger partial charge in [-0.2, -0.15) is 0 Å². The summed E-state index contributed by atoms with van der Waals surface area (Å²) in [4.78, 5) is 25.7. The van der Waals surface area contributed by atoms with Gasteiger partial charge in [0, 0.05) is 22.3 Å². The molecule has 6 heteroatoms. The Hall–Kier alpha value is -2.70. The van der Waals surface area contributed by atoms with Gasteiger partial charge in [-0.05, 0) is 13.8 Å². The maximum Gasteiger partial charge on any atom is 0.198 e. The smallest absolute Gasteiger partial charge is 0.198 e. The number of hydrogen-bond donors (Lipinski definition) is 2. The van der Waals surface area contributed by atoms with E-state index in [0.717, 1.165) is 0 Å². The van der Waals surface area contributed by atoms with Gasteiger partial charge < -0.3 is 19.7 Å². The van der Waals surface area contributed by atoms with Crippen LogP contribution in [0.4, 0.5) is 0 Å². The SMILES string of the molecule is CC1(C)OCc2c(O)c3c(c(O)c2CO1)C(=O)c1ccccc1C3=O. The van der Waals surface area contributed by atoms with Crippen LogP contribution in [-0.2, 0) is 22.7 Å². The number of hydrogen-bond acceptors (Lipinski definition) is 6. The molecule has 128 valence electrons. The molecule has 2 aromatic rings. The minimum atomic E-state index is -0.921. The summed E-state index contributed by atoms with van der Waals surface area (Å²) in [5.41, 5.74) is 0.595. The molecule has 0 saturated heterocycles. The summed E-state index contributed by atoms with van der Waals surface area (Å²) in [6, 6.07) is 6.36. The third-order valence-electron chi connectivity index (χ3n) is 4.66. The number of ether oxygens (including phenoxy) is 2. The lowest BCUT2D eigenvalue weighted by atomic mass is 9.80. The Kier molecular flexibility index (Phi) is 3.25. The molecule has 0 fully saturated rings. The van der Waals surface area contributed by atoms with E-state index in [-0.39, 0.29) is 58.1 Å². The molecule has 2 N–H and O–H groups in total. The van der Waals surface area contributed by atoms with Crippen molar-refractivity contribution >= 4 is 11.6 Å². The third-order valence-corrected chi connectivity index (χ3v) is 4.66. The van der Waals surface area contributed by atoms with Gasteiger partial charge in [-0.25, -0.2) is 0 Å². The first-order valence-corrected chi connectivity index (χ1v) is 7.88. The highest BCUT2D eigenvalue weighted by Gasteiger charge is 2.39. The minimum Gasteiger partial charge on any atom is -0.507 e. The molecule has 0 radical (unpaired) electrons. The number of phenols is 2. The van der Waals surface area contributed by atoms with Crippen molar-refractivity contribution in [3.63, 3.8) is 0 Å². The molecule has 0 unspecified atom stereocenters. The van der Waals surface area contributed by atoms with Crippen molar-refractivity contribution in [3.8, 4) is 11.5 Å². The molecule has 1 aliphatic heterocycles. The number of carbonyl (C=O) groups is 2. The van der Waals surface area contributed by atoms with E-state index in [1.54, 1.807) is 26.0 Å². The summed E-state index contributed by atoms with van der Waals surface area (Å²) < 4.78 is 11.2. The second-order valence-corrected chi connectivity index (χ2v) is 6.59. The second kappa shape index (κ2) is 5.15. The Morgan fingerprint density at radius 3 is 1.64 bits per heavy atom. The maximum atomic E-state index is 12.8. The van der Waals surface area contributed by atoms with Crippen LogP contribution in [0.1, 0.15) is 56.8 Å². The Morgan fingerprint density at radius 1 is 0.840 bits per heavy atom. The van der Waals surface area contributed by atoms with Crippen LogP contribution in [0.3, 0.4) is 0 Å². The van der Waals surface area contributed by atoms with Crippen LogP contribution in [0, 0.1) is 0 Å². The Labute approximate surface area is 143 Å². The van der Waals surface area contributed by atoms with E-state index in [4.69, 9.17) is 9.47 Å². The molecule has 1 aliphatic carbocycles. The molecule has 25 heavy (non-hydrogen) atoms. The van der Waals surface area contributed by atoms with Gasteiger partial charge in [0.05, 0.1) is 24.3 Å². The summed E-state index contributed by atoms with van der Waals surface area (Å²) in [7, 11) is 0. The van der Waals surface area contributed by atoms with Crippen molar-refractivity contribution in [1.82, 2.24) is 0 Å². The van der Waals surface area contributed by atoms with E-state index in [1.165, 1.54) is 12.1 Å². The van der Waals surface area contributed by atoms with Crippen LogP contribution in [0.15, 0.2) is 24.3 Å². The number of fused-ring (bicyclic) bond motifs is 3. The topological polar surface area (TPSA) is 93.1 Å².